The first-order chi connectivity index (χ1) is 41.7. The number of hydrogen-bond acceptors (Lipinski definition) is 20. The molecule has 432 valence electrons. The number of anilines is 4. The second kappa shape index (κ2) is 24.0. The van der Waals surface area contributed by atoms with Crippen LogP contribution in [-0.2, 0) is 24.8 Å². The molecule has 0 radical (unpaired) electrons. The molecule has 20 heteroatoms. The Labute approximate surface area is 491 Å². The fraction of sp³-hybridized carbons (Fsp3) is 0.200. The van der Waals surface area contributed by atoms with Crippen LogP contribution in [0.25, 0.3) is 0 Å². The van der Waals surface area contributed by atoms with Crippen molar-refractivity contribution in [3.63, 3.8) is 0 Å². The minimum Gasteiger partial charge on any atom is -0.493 e. The lowest BCUT2D eigenvalue weighted by molar-refractivity contribution is 0.0982. The molecule has 4 unspecified atom stereocenters. The van der Waals surface area contributed by atoms with Crippen molar-refractivity contribution in [2.75, 3.05) is 77.6 Å². The summed E-state index contributed by atoms with van der Waals surface area (Å²) in [7, 11) is 12.8. The van der Waals surface area contributed by atoms with Gasteiger partial charge in [-0.3, -0.25) is 0 Å². The van der Waals surface area contributed by atoms with Gasteiger partial charge in [-0.05, 0) is 142 Å². The summed E-state index contributed by atoms with van der Waals surface area (Å²) in [6, 6.07) is 55.4. The number of ether oxygens (including phenoxy) is 8. The Kier molecular flexibility index (Phi) is 15.6. The molecular formula is C65H60N8O12. The van der Waals surface area contributed by atoms with Crippen LogP contribution in [0.4, 0.5) is 22.7 Å². The first-order valence-corrected chi connectivity index (χ1v) is 27.0. The van der Waals surface area contributed by atoms with Crippen molar-refractivity contribution in [3.05, 3.63) is 214 Å². The van der Waals surface area contributed by atoms with E-state index in [9.17, 15) is 0 Å². The van der Waals surface area contributed by atoms with Crippen molar-refractivity contribution in [2.24, 2.45) is 20.4 Å². The smallest absolute Gasteiger partial charge is 0.161 e. The Morgan fingerprint density at radius 3 is 0.659 bits per heavy atom. The lowest BCUT2D eigenvalue weighted by atomic mass is 9.65. The van der Waals surface area contributed by atoms with Gasteiger partial charge >= 0.3 is 0 Å². The fourth-order valence-corrected chi connectivity index (χ4v) is 10.7. The van der Waals surface area contributed by atoms with Crippen LogP contribution in [0.1, 0.15) is 68.9 Å². The van der Waals surface area contributed by atoms with Crippen LogP contribution in [0.3, 0.4) is 0 Å². The lowest BCUT2D eigenvalue weighted by Crippen LogP contribution is -2.31. The van der Waals surface area contributed by atoms with E-state index in [-0.39, 0.29) is 0 Å². The minimum absolute atomic E-state index is 0.483. The van der Waals surface area contributed by atoms with Crippen LogP contribution in [0.5, 0.6) is 46.0 Å². The van der Waals surface area contributed by atoms with Crippen LogP contribution in [0.2, 0.25) is 0 Å². The third kappa shape index (κ3) is 10.6. The summed E-state index contributed by atoms with van der Waals surface area (Å²) >= 11 is 0. The predicted octanol–water partition coefficient (Wildman–Crippen LogP) is 12.1. The highest BCUT2D eigenvalue weighted by molar-refractivity contribution is 5.75. The van der Waals surface area contributed by atoms with Crippen molar-refractivity contribution in [1.29, 1.82) is 0 Å². The molecule has 0 aliphatic carbocycles. The summed E-state index contributed by atoms with van der Waals surface area (Å²) < 4.78 is 44.4. The van der Waals surface area contributed by atoms with Gasteiger partial charge in [0.15, 0.2) is 46.0 Å². The molecule has 0 saturated carbocycles. The van der Waals surface area contributed by atoms with Gasteiger partial charge in [-0.2, -0.15) is 20.4 Å². The van der Waals surface area contributed by atoms with Gasteiger partial charge in [0.25, 0.3) is 0 Å². The zero-order chi connectivity index (χ0) is 58.6. The average Bonchev–Trinajstić information content (AvgIpc) is 2.31. The largest absolute Gasteiger partial charge is 0.493 e. The molecule has 0 amide bonds. The number of hydrogen-bond donors (Lipinski definition) is 0. The molecule has 8 aromatic carbocycles. The topological polar surface area (TPSA) is 173 Å². The fourth-order valence-electron chi connectivity index (χ4n) is 10.7. The summed E-state index contributed by atoms with van der Waals surface area (Å²) in [6.07, 6.45) is 5.08. The highest BCUT2D eigenvalue weighted by atomic mass is 16.7. The number of methoxy groups -OCH3 is 8. The summed E-state index contributed by atoms with van der Waals surface area (Å²) in [5.74, 6) is 4.81. The molecule has 4 aliphatic rings. The van der Waals surface area contributed by atoms with Gasteiger partial charge in [0.1, 0.15) is 24.4 Å². The molecular weight excluding hydrogens is 1080 g/mol. The molecule has 8 aromatic rings. The van der Waals surface area contributed by atoms with E-state index in [1.807, 2.05) is 121 Å². The van der Waals surface area contributed by atoms with E-state index in [1.165, 1.54) is 20.7 Å². The van der Waals surface area contributed by atoms with Gasteiger partial charge in [0.2, 0.25) is 0 Å². The Morgan fingerprint density at radius 2 is 0.471 bits per heavy atom. The molecule has 4 atom stereocenters. The standard InChI is InChI=1S/C65H60N8O12/c1-74-53-29-9-41(33-57(53)78-5)61-37-66-70(82-61)49-21-13-45(14-22-49)65(46-15-23-50(24-16-46)71-67-38-62(83-71)42-10-30-54(75-2)58(34-42)79-6,47-17-25-51(26-18-47)72-68-39-63(84-72)43-11-31-55(76-3)59(35-43)80-7)48-19-27-52(28-20-48)73-69-40-64(85-73)44-12-32-56(77-4)60(36-44)81-8/h9-40,61-64H,1-8H3. The maximum atomic E-state index is 6.44. The van der Waals surface area contributed by atoms with E-state index in [0.29, 0.717) is 68.7 Å². The van der Waals surface area contributed by atoms with Crippen LogP contribution >= 0.6 is 0 Å². The number of rotatable bonds is 20. The van der Waals surface area contributed by atoms with Crippen molar-refractivity contribution in [1.82, 2.24) is 0 Å². The Bertz CT molecular complexity index is 3310. The third-order valence-electron chi connectivity index (χ3n) is 15.1. The second-order valence-electron chi connectivity index (χ2n) is 19.6. The van der Waals surface area contributed by atoms with E-state index in [2.05, 4.69) is 68.9 Å². The average molecular weight is 1150 g/mol. The summed E-state index contributed by atoms with van der Waals surface area (Å²) in [5.41, 5.74) is 8.84. The van der Waals surface area contributed by atoms with E-state index in [1.54, 1.807) is 81.7 Å². The van der Waals surface area contributed by atoms with Crippen LogP contribution in [-0.4, -0.2) is 81.7 Å². The van der Waals surface area contributed by atoms with Crippen LogP contribution < -0.4 is 58.6 Å². The van der Waals surface area contributed by atoms with Gasteiger partial charge in [0.05, 0.1) is 110 Å². The molecule has 20 nitrogen and oxygen atoms in total. The molecule has 0 aromatic heterocycles. The Morgan fingerprint density at radius 1 is 0.271 bits per heavy atom. The molecule has 0 fully saturated rings. The van der Waals surface area contributed by atoms with Gasteiger partial charge in [-0.15, -0.1) is 20.7 Å². The molecule has 0 saturated heterocycles. The highest BCUT2D eigenvalue weighted by Crippen LogP contribution is 2.48. The van der Waals surface area contributed by atoms with Gasteiger partial charge in [-0.25, -0.2) is 19.4 Å². The lowest BCUT2D eigenvalue weighted by Gasteiger charge is -2.37. The Hall–Kier alpha value is -10.1. The van der Waals surface area contributed by atoms with Crippen LogP contribution in [0, 0.1) is 0 Å². The molecule has 4 aliphatic heterocycles. The maximum Gasteiger partial charge on any atom is 0.161 e. The Balaban J connectivity index is 0.919. The third-order valence-corrected chi connectivity index (χ3v) is 15.1. The quantitative estimate of drug-likeness (QED) is 0.0659. The first-order valence-electron chi connectivity index (χ1n) is 27.0. The van der Waals surface area contributed by atoms with Crippen molar-refractivity contribution >= 4 is 47.6 Å². The zero-order valence-electron chi connectivity index (χ0n) is 47.8. The normalized spacial score (nSPS) is 18.4. The molecule has 0 bridgehead atoms. The van der Waals surface area contributed by atoms with Crippen molar-refractivity contribution in [2.45, 2.75) is 29.8 Å². The monoisotopic (exact) mass is 1140 g/mol. The van der Waals surface area contributed by atoms with Crippen LogP contribution in [0.15, 0.2) is 190 Å². The summed E-state index contributed by atoms with van der Waals surface area (Å²) in [5, 5.41) is 24.8. The molecule has 85 heavy (non-hydrogen) atoms. The van der Waals surface area contributed by atoms with E-state index < -0.39 is 29.8 Å². The summed E-state index contributed by atoms with van der Waals surface area (Å²) in [4.78, 5) is 25.8. The van der Waals surface area contributed by atoms with E-state index >= 15 is 0 Å². The van der Waals surface area contributed by atoms with E-state index in [4.69, 9.17) is 57.2 Å². The van der Waals surface area contributed by atoms with Gasteiger partial charge < -0.3 is 37.9 Å². The first kappa shape index (κ1) is 55.4. The second-order valence-corrected chi connectivity index (χ2v) is 19.6. The number of benzene rings is 8. The molecule has 4 heterocycles. The predicted molar refractivity (Wildman–Crippen MR) is 322 cm³/mol. The highest BCUT2D eigenvalue weighted by Gasteiger charge is 2.40. The minimum atomic E-state index is -1.02. The van der Waals surface area contributed by atoms with Crippen molar-refractivity contribution in [3.8, 4) is 46.0 Å². The molecule has 0 N–H and O–H groups in total. The van der Waals surface area contributed by atoms with Crippen molar-refractivity contribution < 1.29 is 57.2 Å². The zero-order valence-corrected chi connectivity index (χ0v) is 47.8. The van der Waals surface area contributed by atoms with E-state index in [0.717, 1.165) is 44.5 Å². The van der Waals surface area contributed by atoms with Gasteiger partial charge in [-0.1, -0.05) is 72.8 Å². The number of hydrazone groups is 4. The molecule has 0 spiro atoms. The SMILES string of the molecule is COc1ccc(C2C=NN(c3ccc(C(c4ccc(N5N=CC(c6ccc(OC)c(OC)c6)O5)cc4)(c4ccc(N5N=CC(c6ccc(OC)c(OC)c6)O5)cc4)c4ccc(N5N=CC(c6ccc(OC)c(OC)c6)O5)cc4)cc3)O2)cc1OC. The maximum absolute atomic E-state index is 6.44. The summed E-state index contributed by atoms with van der Waals surface area (Å²) in [6.45, 7) is 0. The number of nitrogens with zero attached hydrogens (tertiary/aromatic N) is 8. The van der Waals surface area contributed by atoms with Gasteiger partial charge in [0, 0.05) is 0 Å². The molecule has 12 rings (SSSR count).